The third-order valence-electron chi connectivity index (χ3n) is 2.73. The van der Waals surface area contributed by atoms with E-state index < -0.39 is 0 Å². The normalized spacial score (nSPS) is 10.8. The van der Waals surface area contributed by atoms with Crippen LogP contribution in [0.15, 0.2) is 54.6 Å². The van der Waals surface area contributed by atoms with Gasteiger partial charge in [0.1, 0.15) is 0 Å². The summed E-state index contributed by atoms with van der Waals surface area (Å²) < 4.78 is 0. The zero-order valence-electron chi connectivity index (χ0n) is 10.1. The lowest BCUT2D eigenvalue weighted by atomic mass is 10.1. The zero-order chi connectivity index (χ0) is 13.0. The summed E-state index contributed by atoms with van der Waals surface area (Å²) in [5.74, 6) is -0.0186. The Balaban J connectivity index is 2.17. The summed E-state index contributed by atoms with van der Waals surface area (Å²) in [7, 11) is 0. The lowest BCUT2D eigenvalue weighted by molar-refractivity contribution is 0.104. The smallest absolute Gasteiger partial charge is 0.185 e. The van der Waals surface area contributed by atoms with E-state index in [0.717, 1.165) is 11.1 Å². The van der Waals surface area contributed by atoms with Crippen molar-refractivity contribution in [1.29, 1.82) is 0 Å². The fraction of sp³-hybridized carbons (Fsp3) is 0.0625. The molecular formula is C16H13ClO. The predicted octanol–water partition coefficient (Wildman–Crippen LogP) is 4.54. The van der Waals surface area contributed by atoms with Crippen molar-refractivity contribution in [3.8, 4) is 0 Å². The number of hydrogen-bond donors (Lipinski definition) is 0. The van der Waals surface area contributed by atoms with Crippen molar-refractivity contribution >= 4 is 23.5 Å². The van der Waals surface area contributed by atoms with Crippen LogP contribution in [0.2, 0.25) is 5.02 Å². The Labute approximate surface area is 112 Å². The van der Waals surface area contributed by atoms with E-state index in [1.54, 1.807) is 30.3 Å². The van der Waals surface area contributed by atoms with Crippen molar-refractivity contribution in [2.24, 2.45) is 0 Å². The van der Waals surface area contributed by atoms with Crippen LogP contribution in [0.3, 0.4) is 0 Å². The molecule has 2 heteroatoms. The third-order valence-corrected chi connectivity index (χ3v) is 2.98. The van der Waals surface area contributed by atoms with E-state index in [1.807, 2.05) is 37.3 Å². The molecule has 0 radical (unpaired) electrons. The van der Waals surface area contributed by atoms with E-state index in [9.17, 15) is 4.79 Å². The van der Waals surface area contributed by atoms with Gasteiger partial charge < -0.3 is 0 Å². The van der Waals surface area contributed by atoms with Crippen molar-refractivity contribution in [2.45, 2.75) is 6.92 Å². The molecule has 0 saturated heterocycles. The maximum atomic E-state index is 11.9. The molecular weight excluding hydrogens is 244 g/mol. The van der Waals surface area contributed by atoms with Gasteiger partial charge in [-0.05, 0) is 48.4 Å². The Morgan fingerprint density at radius 2 is 1.72 bits per heavy atom. The molecule has 2 rings (SSSR count). The molecule has 0 N–H and O–H groups in total. The second-order valence-electron chi connectivity index (χ2n) is 4.06. The van der Waals surface area contributed by atoms with Gasteiger partial charge in [0.2, 0.25) is 0 Å². The summed E-state index contributed by atoms with van der Waals surface area (Å²) in [6.45, 7) is 2.02. The first kappa shape index (κ1) is 12.6. The van der Waals surface area contributed by atoms with E-state index in [0.29, 0.717) is 10.6 Å². The quantitative estimate of drug-likeness (QED) is 0.582. The van der Waals surface area contributed by atoms with Crippen molar-refractivity contribution < 1.29 is 4.79 Å². The van der Waals surface area contributed by atoms with Crippen LogP contribution in [0, 0.1) is 6.92 Å². The van der Waals surface area contributed by atoms with Gasteiger partial charge in [-0.15, -0.1) is 0 Å². The molecule has 0 unspecified atom stereocenters. The van der Waals surface area contributed by atoms with E-state index >= 15 is 0 Å². The minimum Gasteiger partial charge on any atom is -0.289 e. The van der Waals surface area contributed by atoms with E-state index in [4.69, 9.17) is 11.6 Å². The van der Waals surface area contributed by atoms with Crippen LogP contribution in [0.4, 0.5) is 0 Å². The summed E-state index contributed by atoms with van der Waals surface area (Å²) in [6.07, 6.45) is 3.43. The molecule has 2 aromatic rings. The summed E-state index contributed by atoms with van der Waals surface area (Å²) in [5, 5.41) is 0.634. The Hall–Kier alpha value is -1.86. The van der Waals surface area contributed by atoms with Crippen LogP contribution >= 0.6 is 11.6 Å². The van der Waals surface area contributed by atoms with Crippen LogP contribution in [0.5, 0.6) is 0 Å². The molecule has 0 heterocycles. The molecule has 0 amide bonds. The highest BCUT2D eigenvalue weighted by molar-refractivity contribution is 6.30. The van der Waals surface area contributed by atoms with Gasteiger partial charge in [0.05, 0.1) is 0 Å². The first-order valence-electron chi connectivity index (χ1n) is 5.70. The Bertz CT molecular complexity index is 582. The average Bonchev–Trinajstić information content (AvgIpc) is 2.38. The molecule has 0 saturated carbocycles. The molecule has 0 spiro atoms. The highest BCUT2D eigenvalue weighted by Crippen LogP contribution is 2.12. The molecule has 18 heavy (non-hydrogen) atoms. The lowest BCUT2D eigenvalue weighted by Gasteiger charge is -1.99. The monoisotopic (exact) mass is 256 g/mol. The average molecular weight is 257 g/mol. The standard InChI is InChI=1S/C16H13ClO/c1-12-4-2-3-5-13(12)8-11-16(18)14-6-9-15(17)10-7-14/h2-11H,1H3/b11-8+. The van der Waals surface area contributed by atoms with Gasteiger partial charge in [-0.2, -0.15) is 0 Å². The van der Waals surface area contributed by atoms with Gasteiger partial charge in [-0.1, -0.05) is 41.9 Å². The van der Waals surface area contributed by atoms with Crippen LogP contribution in [0.25, 0.3) is 6.08 Å². The van der Waals surface area contributed by atoms with Gasteiger partial charge in [-0.25, -0.2) is 0 Å². The minimum absolute atomic E-state index is 0.0186. The van der Waals surface area contributed by atoms with E-state index in [1.165, 1.54) is 0 Å². The predicted molar refractivity (Wildman–Crippen MR) is 76.0 cm³/mol. The van der Waals surface area contributed by atoms with Crippen molar-refractivity contribution in [3.05, 3.63) is 76.3 Å². The number of carbonyl (C=O) groups excluding carboxylic acids is 1. The molecule has 90 valence electrons. The zero-order valence-corrected chi connectivity index (χ0v) is 10.8. The topological polar surface area (TPSA) is 17.1 Å². The molecule has 0 aliphatic rings. The SMILES string of the molecule is Cc1ccccc1/C=C/C(=O)c1ccc(Cl)cc1. The largest absolute Gasteiger partial charge is 0.289 e. The number of benzene rings is 2. The molecule has 0 fully saturated rings. The van der Waals surface area contributed by atoms with Gasteiger partial charge >= 0.3 is 0 Å². The number of ketones is 1. The highest BCUT2D eigenvalue weighted by atomic mass is 35.5. The van der Waals surface area contributed by atoms with E-state index in [-0.39, 0.29) is 5.78 Å². The first-order valence-corrected chi connectivity index (χ1v) is 6.08. The molecule has 0 aliphatic heterocycles. The maximum Gasteiger partial charge on any atom is 0.185 e. The summed E-state index contributed by atoms with van der Waals surface area (Å²) in [6, 6.07) is 14.8. The number of carbonyl (C=O) groups is 1. The number of aryl methyl sites for hydroxylation is 1. The Morgan fingerprint density at radius 3 is 2.39 bits per heavy atom. The highest BCUT2D eigenvalue weighted by Gasteiger charge is 2.01. The molecule has 0 bridgehead atoms. The fourth-order valence-electron chi connectivity index (χ4n) is 1.65. The fourth-order valence-corrected chi connectivity index (χ4v) is 1.78. The van der Waals surface area contributed by atoms with Crippen LogP contribution in [-0.2, 0) is 0 Å². The summed E-state index contributed by atoms with van der Waals surface area (Å²) in [4.78, 5) is 11.9. The lowest BCUT2D eigenvalue weighted by Crippen LogP contribution is -1.93. The van der Waals surface area contributed by atoms with E-state index in [2.05, 4.69) is 0 Å². The second-order valence-corrected chi connectivity index (χ2v) is 4.50. The number of allylic oxidation sites excluding steroid dienone is 1. The van der Waals surface area contributed by atoms with Crippen molar-refractivity contribution in [2.75, 3.05) is 0 Å². The molecule has 0 aliphatic carbocycles. The van der Waals surface area contributed by atoms with Gasteiger partial charge in [0.15, 0.2) is 5.78 Å². The first-order chi connectivity index (χ1) is 8.66. The van der Waals surface area contributed by atoms with Crippen molar-refractivity contribution in [3.63, 3.8) is 0 Å². The number of hydrogen-bond acceptors (Lipinski definition) is 1. The Morgan fingerprint density at radius 1 is 1.06 bits per heavy atom. The maximum absolute atomic E-state index is 11.9. The van der Waals surface area contributed by atoms with Crippen LogP contribution in [-0.4, -0.2) is 5.78 Å². The molecule has 0 aromatic heterocycles. The number of rotatable bonds is 3. The third kappa shape index (κ3) is 3.08. The number of halogens is 1. The van der Waals surface area contributed by atoms with Gasteiger partial charge in [0.25, 0.3) is 0 Å². The van der Waals surface area contributed by atoms with Crippen molar-refractivity contribution in [1.82, 2.24) is 0 Å². The second kappa shape index (κ2) is 5.65. The molecule has 0 atom stereocenters. The summed E-state index contributed by atoms with van der Waals surface area (Å²) >= 11 is 5.78. The Kier molecular flexibility index (Phi) is 3.96. The van der Waals surface area contributed by atoms with Gasteiger partial charge in [0, 0.05) is 10.6 Å². The van der Waals surface area contributed by atoms with Crippen LogP contribution < -0.4 is 0 Å². The summed E-state index contributed by atoms with van der Waals surface area (Å²) in [5.41, 5.74) is 2.85. The minimum atomic E-state index is -0.0186. The van der Waals surface area contributed by atoms with Crippen LogP contribution in [0.1, 0.15) is 21.5 Å². The van der Waals surface area contributed by atoms with Gasteiger partial charge in [-0.3, -0.25) is 4.79 Å². The molecule has 1 nitrogen and oxygen atoms in total. The molecule has 2 aromatic carbocycles.